The molecule has 0 aliphatic carbocycles. The first-order chi connectivity index (χ1) is 8.47. The number of anilines is 1. The Hall–Kier alpha value is -1.11. The van der Waals surface area contributed by atoms with Crippen molar-refractivity contribution in [1.82, 2.24) is 4.98 Å². The van der Waals surface area contributed by atoms with Crippen molar-refractivity contribution < 1.29 is 8.42 Å². The van der Waals surface area contributed by atoms with Gasteiger partial charge >= 0.3 is 0 Å². The second-order valence-corrected chi connectivity index (χ2v) is 6.34. The van der Waals surface area contributed by atoms with Gasteiger partial charge < -0.3 is 0 Å². The molecule has 0 spiro atoms. The summed E-state index contributed by atoms with van der Waals surface area (Å²) in [5.41, 5.74) is 0. The molecule has 0 aliphatic heterocycles. The van der Waals surface area contributed by atoms with Crippen LogP contribution in [0.25, 0.3) is 0 Å². The highest BCUT2D eigenvalue weighted by Crippen LogP contribution is 2.19. The molecule has 1 aromatic carbocycles. The number of nitrogens with zero attached hydrogens (tertiary/aromatic N) is 1. The SMILES string of the molecule is O=S(=O)(Nc1cccc(Br)n1)c1cccc(Cl)c1. The van der Waals surface area contributed by atoms with Crippen LogP contribution >= 0.6 is 27.5 Å². The quantitative estimate of drug-likeness (QED) is 0.867. The number of sulfonamides is 1. The van der Waals surface area contributed by atoms with Gasteiger partial charge in [-0.3, -0.25) is 4.72 Å². The molecule has 0 radical (unpaired) electrons. The van der Waals surface area contributed by atoms with Gasteiger partial charge in [0.2, 0.25) is 0 Å². The minimum absolute atomic E-state index is 0.0942. The van der Waals surface area contributed by atoms with Crippen molar-refractivity contribution in [1.29, 1.82) is 0 Å². The van der Waals surface area contributed by atoms with Crippen LogP contribution in [0.15, 0.2) is 52.0 Å². The van der Waals surface area contributed by atoms with E-state index in [1.165, 1.54) is 12.1 Å². The maximum atomic E-state index is 12.0. The van der Waals surface area contributed by atoms with E-state index < -0.39 is 10.0 Å². The Balaban J connectivity index is 2.33. The molecule has 1 N–H and O–H groups in total. The van der Waals surface area contributed by atoms with Gasteiger partial charge in [-0.15, -0.1) is 0 Å². The lowest BCUT2D eigenvalue weighted by atomic mass is 10.4. The molecule has 0 amide bonds. The van der Waals surface area contributed by atoms with Crippen LogP contribution < -0.4 is 4.72 Å². The average molecular weight is 348 g/mol. The summed E-state index contributed by atoms with van der Waals surface area (Å²) in [6, 6.07) is 11.0. The predicted molar refractivity (Wildman–Crippen MR) is 74.2 cm³/mol. The van der Waals surface area contributed by atoms with Gasteiger partial charge in [0.25, 0.3) is 10.0 Å². The standard InChI is InChI=1S/C11H8BrClN2O2S/c12-10-5-2-6-11(14-10)15-18(16,17)9-4-1-3-8(13)7-9/h1-7H,(H,14,15). The summed E-state index contributed by atoms with van der Waals surface area (Å²) < 4.78 is 27.0. The number of pyridine rings is 1. The molecule has 1 heterocycles. The first-order valence-electron chi connectivity index (χ1n) is 4.88. The summed E-state index contributed by atoms with van der Waals surface area (Å²) in [6.45, 7) is 0. The summed E-state index contributed by atoms with van der Waals surface area (Å²) in [7, 11) is -3.67. The Morgan fingerprint density at radius 2 is 1.89 bits per heavy atom. The second kappa shape index (κ2) is 5.26. The first kappa shape index (κ1) is 13.3. The minimum Gasteiger partial charge on any atom is -0.263 e. The molecule has 0 aliphatic rings. The van der Waals surface area contributed by atoms with Gasteiger partial charge in [-0.25, -0.2) is 13.4 Å². The van der Waals surface area contributed by atoms with Crippen LogP contribution in [0.2, 0.25) is 5.02 Å². The van der Waals surface area contributed by atoms with Crippen molar-refractivity contribution >= 4 is 43.4 Å². The third kappa shape index (κ3) is 3.22. The number of hydrogen-bond donors (Lipinski definition) is 1. The Bertz CT molecular complexity index is 676. The van der Waals surface area contributed by atoms with E-state index in [1.807, 2.05) is 0 Å². The molecule has 7 heteroatoms. The highest BCUT2D eigenvalue weighted by Gasteiger charge is 2.14. The van der Waals surface area contributed by atoms with E-state index in [9.17, 15) is 8.42 Å². The van der Waals surface area contributed by atoms with Gasteiger partial charge in [-0.2, -0.15) is 0 Å². The zero-order valence-electron chi connectivity index (χ0n) is 8.97. The van der Waals surface area contributed by atoms with Gasteiger partial charge in [0.05, 0.1) is 4.90 Å². The lowest BCUT2D eigenvalue weighted by Gasteiger charge is -2.07. The highest BCUT2D eigenvalue weighted by molar-refractivity contribution is 9.10. The smallest absolute Gasteiger partial charge is 0.263 e. The number of halogens is 2. The van der Waals surface area contributed by atoms with Crippen molar-refractivity contribution in [3.63, 3.8) is 0 Å². The van der Waals surface area contributed by atoms with Crippen molar-refractivity contribution in [3.05, 3.63) is 52.1 Å². The summed E-state index contributed by atoms with van der Waals surface area (Å²) in [4.78, 5) is 4.09. The maximum absolute atomic E-state index is 12.0. The van der Waals surface area contributed by atoms with E-state index in [1.54, 1.807) is 30.3 Å². The summed E-state index contributed by atoms with van der Waals surface area (Å²) in [5.74, 6) is 0.240. The fourth-order valence-corrected chi connectivity index (χ4v) is 2.94. The van der Waals surface area contributed by atoms with Crippen molar-refractivity contribution in [2.75, 3.05) is 4.72 Å². The zero-order valence-corrected chi connectivity index (χ0v) is 12.1. The second-order valence-electron chi connectivity index (χ2n) is 3.41. The van der Waals surface area contributed by atoms with E-state index in [2.05, 4.69) is 25.6 Å². The topological polar surface area (TPSA) is 59.1 Å². The van der Waals surface area contributed by atoms with E-state index in [-0.39, 0.29) is 10.7 Å². The molecule has 0 saturated carbocycles. The van der Waals surface area contributed by atoms with Crippen molar-refractivity contribution in [2.45, 2.75) is 4.90 Å². The monoisotopic (exact) mass is 346 g/mol. The average Bonchev–Trinajstić information content (AvgIpc) is 2.28. The van der Waals surface area contributed by atoms with Gasteiger partial charge in [0.15, 0.2) is 0 Å². The molecule has 2 aromatic rings. The normalized spacial score (nSPS) is 11.2. The van der Waals surface area contributed by atoms with Crippen LogP contribution in [-0.4, -0.2) is 13.4 Å². The summed E-state index contributed by atoms with van der Waals surface area (Å²) in [6.07, 6.45) is 0. The van der Waals surface area contributed by atoms with Gasteiger partial charge in [0, 0.05) is 5.02 Å². The number of benzene rings is 1. The Labute approximate surface area is 118 Å². The first-order valence-corrected chi connectivity index (χ1v) is 7.54. The fraction of sp³-hybridized carbons (Fsp3) is 0. The highest BCUT2D eigenvalue weighted by atomic mass is 79.9. The van der Waals surface area contributed by atoms with E-state index in [0.29, 0.717) is 9.63 Å². The Morgan fingerprint density at radius 1 is 1.17 bits per heavy atom. The van der Waals surface area contributed by atoms with Crippen molar-refractivity contribution in [2.24, 2.45) is 0 Å². The molecule has 0 atom stereocenters. The third-order valence-corrected chi connectivity index (χ3v) is 4.09. The third-order valence-electron chi connectivity index (χ3n) is 2.06. The number of rotatable bonds is 3. The number of nitrogens with one attached hydrogen (secondary N) is 1. The molecule has 1 aromatic heterocycles. The van der Waals surface area contributed by atoms with Gasteiger partial charge in [-0.1, -0.05) is 23.7 Å². The van der Waals surface area contributed by atoms with E-state index in [0.717, 1.165) is 0 Å². The minimum atomic E-state index is -3.67. The van der Waals surface area contributed by atoms with Crippen LogP contribution in [0.5, 0.6) is 0 Å². The predicted octanol–water partition coefficient (Wildman–Crippen LogP) is 3.30. The molecule has 0 fully saturated rings. The molecule has 0 saturated heterocycles. The Morgan fingerprint density at radius 3 is 2.56 bits per heavy atom. The maximum Gasteiger partial charge on any atom is 0.263 e. The van der Waals surface area contributed by atoms with Crippen molar-refractivity contribution in [3.8, 4) is 0 Å². The lowest BCUT2D eigenvalue weighted by Crippen LogP contribution is -2.13. The molecular formula is C11H8BrClN2O2S. The molecule has 18 heavy (non-hydrogen) atoms. The van der Waals surface area contributed by atoms with Crippen LogP contribution in [-0.2, 0) is 10.0 Å². The number of aromatic nitrogens is 1. The van der Waals surface area contributed by atoms with E-state index in [4.69, 9.17) is 11.6 Å². The van der Waals surface area contributed by atoms with E-state index >= 15 is 0 Å². The van der Waals surface area contributed by atoms with Crippen LogP contribution in [0.4, 0.5) is 5.82 Å². The number of hydrogen-bond acceptors (Lipinski definition) is 3. The molecule has 4 nitrogen and oxygen atoms in total. The largest absolute Gasteiger partial charge is 0.263 e. The molecule has 94 valence electrons. The summed E-state index contributed by atoms with van der Waals surface area (Å²) >= 11 is 8.93. The molecular weight excluding hydrogens is 340 g/mol. The molecule has 2 rings (SSSR count). The Kier molecular flexibility index (Phi) is 3.89. The fourth-order valence-electron chi connectivity index (χ4n) is 1.30. The van der Waals surface area contributed by atoms with Crippen LogP contribution in [0, 0.1) is 0 Å². The molecule has 0 unspecified atom stereocenters. The van der Waals surface area contributed by atoms with Gasteiger partial charge in [-0.05, 0) is 46.3 Å². The molecule has 0 bridgehead atoms. The lowest BCUT2D eigenvalue weighted by molar-refractivity contribution is 0.601. The zero-order chi connectivity index (χ0) is 13.2. The summed E-state index contributed by atoms with van der Waals surface area (Å²) in [5, 5.41) is 0.361. The van der Waals surface area contributed by atoms with Crippen LogP contribution in [0.3, 0.4) is 0 Å². The van der Waals surface area contributed by atoms with Gasteiger partial charge in [0.1, 0.15) is 10.4 Å². The van der Waals surface area contributed by atoms with Crippen LogP contribution in [0.1, 0.15) is 0 Å².